The van der Waals surface area contributed by atoms with Gasteiger partial charge in [-0.1, -0.05) is 30.3 Å². The highest BCUT2D eigenvalue weighted by molar-refractivity contribution is 7.99. The van der Waals surface area contributed by atoms with Gasteiger partial charge in [0.05, 0.1) is 12.5 Å². The fourth-order valence-corrected chi connectivity index (χ4v) is 3.98. The van der Waals surface area contributed by atoms with Gasteiger partial charge in [-0.2, -0.15) is 0 Å². The number of hydrogen-bond donors (Lipinski definition) is 1. The van der Waals surface area contributed by atoms with E-state index in [2.05, 4.69) is 5.32 Å². The van der Waals surface area contributed by atoms with E-state index < -0.39 is 0 Å². The predicted molar refractivity (Wildman–Crippen MR) is 92.2 cm³/mol. The molecule has 2 aliphatic rings. The number of carbonyl (C=O) groups is 2. The number of nitrogens with one attached hydrogen (secondary N) is 1. The molecule has 0 bridgehead atoms. The maximum Gasteiger partial charge on any atom is 0.240 e. The Labute approximate surface area is 141 Å². The smallest absolute Gasteiger partial charge is 0.240 e. The van der Waals surface area contributed by atoms with Gasteiger partial charge < -0.3 is 9.80 Å². The molecule has 23 heavy (non-hydrogen) atoms. The first-order valence-corrected chi connectivity index (χ1v) is 9.31. The lowest BCUT2D eigenvalue weighted by Crippen LogP contribution is -2.46. The molecule has 0 aromatic heterocycles. The fourth-order valence-electron chi connectivity index (χ4n) is 3.04. The lowest BCUT2D eigenvalue weighted by molar-refractivity contribution is -0.134. The molecule has 1 unspecified atom stereocenters. The van der Waals surface area contributed by atoms with Gasteiger partial charge in [-0.05, 0) is 12.0 Å². The Balaban J connectivity index is 1.53. The molecule has 0 spiro atoms. The lowest BCUT2D eigenvalue weighted by Gasteiger charge is -2.24. The van der Waals surface area contributed by atoms with Crippen molar-refractivity contribution in [3.8, 4) is 0 Å². The molecular formula is C17H23N3O2S. The van der Waals surface area contributed by atoms with Crippen molar-refractivity contribution in [1.29, 1.82) is 0 Å². The summed E-state index contributed by atoms with van der Waals surface area (Å²) in [7, 11) is 0. The van der Waals surface area contributed by atoms with Crippen LogP contribution < -0.4 is 5.32 Å². The van der Waals surface area contributed by atoms with Gasteiger partial charge in [-0.3, -0.25) is 14.9 Å². The van der Waals surface area contributed by atoms with E-state index in [1.807, 2.05) is 40.1 Å². The first kappa shape index (κ1) is 16.3. The van der Waals surface area contributed by atoms with E-state index in [0.29, 0.717) is 19.5 Å². The number of hydrogen-bond acceptors (Lipinski definition) is 4. The maximum absolute atomic E-state index is 12.5. The summed E-state index contributed by atoms with van der Waals surface area (Å²) in [5.41, 5.74) is 1.04. The average Bonchev–Trinajstić information content (AvgIpc) is 2.99. The van der Waals surface area contributed by atoms with Crippen LogP contribution in [-0.4, -0.2) is 65.5 Å². The van der Waals surface area contributed by atoms with Crippen LogP contribution in [0.5, 0.6) is 0 Å². The van der Waals surface area contributed by atoms with Crippen molar-refractivity contribution >= 4 is 23.6 Å². The zero-order chi connectivity index (χ0) is 16.1. The first-order chi connectivity index (χ1) is 11.2. The Bertz CT molecular complexity index is 546. The van der Waals surface area contributed by atoms with Crippen LogP contribution in [0.15, 0.2) is 30.3 Å². The summed E-state index contributed by atoms with van der Waals surface area (Å²) in [4.78, 5) is 28.7. The number of amides is 2. The van der Waals surface area contributed by atoms with E-state index in [-0.39, 0.29) is 17.9 Å². The summed E-state index contributed by atoms with van der Waals surface area (Å²) in [6, 6.07) is 9.78. The van der Waals surface area contributed by atoms with Gasteiger partial charge in [0.25, 0.3) is 0 Å². The molecule has 2 heterocycles. The van der Waals surface area contributed by atoms with Crippen LogP contribution in [0.25, 0.3) is 0 Å². The van der Waals surface area contributed by atoms with Crippen molar-refractivity contribution in [1.82, 2.24) is 15.1 Å². The number of benzene rings is 1. The molecule has 2 aliphatic heterocycles. The second kappa shape index (κ2) is 7.84. The van der Waals surface area contributed by atoms with Crippen molar-refractivity contribution < 1.29 is 9.59 Å². The SMILES string of the molecule is O=C(Cc1ccccc1)N1CCCN(C(=O)C2CSCN2)CC1. The highest BCUT2D eigenvalue weighted by Crippen LogP contribution is 2.14. The molecule has 1 aromatic carbocycles. The number of nitrogens with zero attached hydrogens (tertiary/aromatic N) is 2. The Morgan fingerprint density at radius 3 is 2.57 bits per heavy atom. The minimum atomic E-state index is -0.0495. The average molecular weight is 333 g/mol. The van der Waals surface area contributed by atoms with Gasteiger partial charge in [0, 0.05) is 37.8 Å². The molecule has 2 amide bonds. The minimum absolute atomic E-state index is 0.0495. The molecule has 6 heteroatoms. The number of thioether (sulfide) groups is 1. The van der Waals surface area contributed by atoms with Crippen LogP contribution in [0, 0.1) is 0 Å². The van der Waals surface area contributed by atoms with Crippen LogP contribution in [-0.2, 0) is 16.0 Å². The standard InChI is InChI=1S/C17H23N3O2S/c21-16(11-14-5-2-1-3-6-14)19-7-4-8-20(10-9-19)17(22)15-12-23-13-18-15/h1-3,5-6,15,18H,4,7-13H2. The quantitative estimate of drug-likeness (QED) is 0.895. The molecule has 5 nitrogen and oxygen atoms in total. The lowest BCUT2D eigenvalue weighted by atomic mass is 10.1. The number of carbonyl (C=O) groups excluding carboxylic acids is 2. The van der Waals surface area contributed by atoms with Gasteiger partial charge in [0.1, 0.15) is 0 Å². The van der Waals surface area contributed by atoms with Crippen LogP contribution in [0.2, 0.25) is 0 Å². The molecule has 3 rings (SSSR count). The van der Waals surface area contributed by atoms with Crippen molar-refractivity contribution in [3.05, 3.63) is 35.9 Å². The summed E-state index contributed by atoms with van der Waals surface area (Å²) in [5, 5.41) is 3.23. The molecular weight excluding hydrogens is 310 g/mol. The summed E-state index contributed by atoms with van der Waals surface area (Å²) in [6.45, 7) is 2.76. The Hall–Kier alpha value is -1.53. The van der Waals surface area contributed by atoms with E-state index in [4.69, 9.17) is 0 Å². The van der Waals surface area contributed by atoms with Crippen molar-refractivity contribution in [2.24, 2.45) is 0 Å². The molecule has 0 saturated carbocycles. The monoisotopic (exact) mass is 333 g/mol. The predicted octanol–water partition coefficient (Wildman–Crippen LogP) is 0.952. The maximum atomic E-state index is 12.5. The molecule has 0 aliphatic carbocycles. The molecule has 124 valence electrons. The second-order valence-electron chi connectivity index (χ2n) is 5.99. The first-order valence-electron chi connectivity index (χ1n) is 8.15. The minimum Gasteiger partial charge on any atom is -0.341 e. The molecule has 2 fully saturated rings. The topological polar surface area (TPSA) is 52.7 Å². The highest BCUT2D eigenvalue weighted by Gasteiger charge is 2.29. The Morgan fingerprint density at radius 1 is 1.09 bits per heavy atom. The van der Waals surface area contributed by atoms with E-state index in [9.17, 15) is 9.59 Å². The van der Waals surface area contributed by atoms with E-state index in [1.165, 1.54) is 0 Å². The zero-order valence-corrected chi connectivity index (χ0v) is 14.1. The largest absolute Gasteiger partial charge is 0.341 e. The van der Waals surface area contributed by atoms with E-state index >= 15 is 0 Å². The van der Waals surface area contributed by atoms with Crippen LogP contribution >= 0.6 is 11.8 Å². The van der Waals surface area contributed by atoms with Crippen molar-refractivity contribution in [3.63, 3.8) is 0 Å². The normalized spacial score (nSPS) is 22.0. The van der Waals surface area contributed by atoms with Crippen molar-refractivity contribution in [2.45, 2.75) is 18.9 Å². The molecule has 1 atom stereocenters. The summed E-state index contributed by atoms with van der Waals surface area (Å²) in [6.07, 6.45) is 1.29. The summed E-state index contributed by atoms with van der Waals surface area (Å²) in [5.74, 6) is 2.05. The number of rotatable bonds is 3. The molecule has 2 saturated heterocycles. The third-order valence-corrected chi connectivity index (χ3v) is 5.31. The van der Waals surface area contributed by atoms with E-state index in [1.54, 1.807) is 11.8 Å². The molecule has 1 aromatic rings. The highest BCUT2D eigenvalue weighted by atomic mass is 32.2. The van der Waals surface area contributed by atoms with Crippen LogP contribution in [0.1, 0.15) is 12.0 Å². The third-order valence-electron chi connectivity index (χ3n) is 4.37. The van der Waals surface area contributed by atoms with Gasteiger partial charge in [0.2, 0.25) is 11.8 Å². The van der Waals surface area contributed by atoms with Gasteiger partial charge in [-0.25, -0.2) is 0 Å². The second-order valence-corrected chi connectivity index (χ2v) is 7.02. The third kappa shape index (κ3) is 4.26. The Kier molecular flexibility index (Phi) is 5.56. The zero-order valence-electron chi connectivity index (χ0n) is 13.2. The van der Waals surface area contributed by atoms with Crippen LogP contribution in [0.3, 0.4) is 0 Å². The molecule has 0 radical (unpaired) electrons. The molecule has 1 N–H and O–H groups in total. The Morgan fingerprint density at radius 2 is 1.83 bits per heavy atom. The van der Waals surface area contributed by atoms with Gasteiger partial charge in [0.15, 0.2) is 0 Å². The van der Waals surface area contributed by atoms with Gasteiger partial charge >= 0.3 is 0 Å². The van der Waals surface area contributed by atoms with Gasteiger partial charge in [-0.15, -0.1) is 11.8 Å². The fraction of sp³-hybridized carbons (Fsp3) is 0.529. The van der Waals surface area contributed by atoms with Crippen molar-refractivity contribution in [2.75, 3.05) is 37.8 Å². The van der Waals surface area contributed by atoms with E-state index in [0.717, 1.165) is 36.7 Å². The van der Waals surface area contributed by atoms with Crippen LogP contribution in [0.4, 0.5) is 0 Å². The summed E-state index contributed by atoms with van der Waals surface area (Å²) >= 11 is 1.76. The summed E-state index contributed by atoms with van der Waals surface area (Å²) < 4.78 is 0.